The van der Waals surface area contributed by atoms with E-state index in [0.29, 0.717) is 17.3 Å². The second-order valence-corrected chi connectivity index (χ2v) is 15.0. The Kier molecular flexibility index (Phi) is 6.44. The Morgan fingerprint density at radius 2 is 1.64 bits per heavy atom. The van der Waals surface area contributed by atoms with E-state index in [2.05, 4.69) is 27.0 Å². The van der Waals surface area contributed by atoms with Gasteiger partial charge in [0.05, 0.1) is 22.5 Å². The molecule has 3 aromatic carbocycles. The minimum Gasteiger partial charge on any atom is -0.489 e. The number of imide groups is 1. The SMILES string of the molecule is O=C1C2C3CC(C2C(=O)N1c1ccc(Br)cc1)C1C3Sc2[nH]c(=O)sc2[C@@H]1c1ccccc1OCc1ccc(Cl)cc1. The number of hydrogen-bond acceptors (Lipinski definition) is 6. The highest BCUT2D eigenvalue weighted by molar-refractivity contribution is 9.10. The smallest absolute Gasteiger partial charge is 0.305 e. The van der Waals surface area contributed by atoms with E-state index in [1.165, 1.54) is 16.2 Å². The monoisotopic (exact) mass is 678 g/mol. The van der Waals surface area contributed by atoms with Crippen LogP contribution in [0.15, 0.2) is 87.1 Å². The third-order valence-corrected chi connectivity index (χ3v) is 12.7. The van der Waals surface area contributed by atoms with Gasteiger partial charge >= 0.3 is 4.87 Å². The van der Waals surface area contributed by atoms with Crippen LogP contribution in [0.5, 0.6) is 5.75 Å². The molecule has 6 unspecified atom stereocenters. The summed E-state index contributed by atoms with van der Waals surface area (Å²) in [7, 11) is 0. The van der Waals surface area contributed by atoms with Crippen molar-refractivity contribution in [2.75, 3.05) is 4.90 Å². The number of thioether (sulfide) groups is 1. The second-order valence-electron chi connectivity index (χ2n) is 11.4. The molecule has 3 fully saturated rings. The highest BCUT2D eigenvalue weighted by Crippen LogP contribution is 2.69. The lowest BCUT2D eigenvalue weighted by Crippen LogP contribution is -2.42. The summed E-state index contributed by atoms with van der Waals surface area (Å²) in [6.07, 6.45) is 0.840. The number of carbonyl (C=O) groups is 2. The van der Waals surface area contributed by atoms with Gasteiger partial charge in [0.1, 0.15) is 12.4 Å². The van der Waals surface area contributed by atoms with Crippen LogP contribution in [-0.2, 0) is 16.2 Å². The van der Waals surface area contributed by atoms with Gasteiger partial charge in [-0.25, -0.2) is 0 Å². The topological polar surface area (TPSA) is 79.5 Å². The lowest BCUT2D eigenvalue weighted by molar-refractivity contribution is -0.123. The molecule has 6 nitrogen and oxygen atoms in total. The molecule has 2 saturated carbocycles. The van der Waals surface area contributed by atoms with Gasteiger partial charge in [0, 0.05) is 31.1 Å². The predicted octanol–water partition coefficient (Wildman–Crippen LogP) is 7.11. The van der Waals surface area contributed by atoms with E-state index in [1.807, 2.05) is 66.7 Å². The maximum Gasteiger partial charge on any atom is 0.305 e. The van der Waals surface area contributed by atoms with Crippen LogP contribution in [-0.4, -0.2) is 22.0 Å². The summed E-state index contributed by atoms with van der Waals surface area (Å²) in [6, 6.07) is 23.0. The zero-order chi connectivity index (χ0) is 28.7. The molecule has 8 rings (SSSR count). The van der Waals surface area contributed by atoms with E-state index in [4.69, 9.17) is 16.3 Å². The number of carbonyl (C=O) groups excluding carboxylic acids is 2. The summed E-state index contributed by atoms with van der Waals surface area (Å²) in [5.41, 5.74) is 2.64. The summed E-state index contributed by atoms with van der Waals surface area (Å²) >= 11 is 12.5. The molecule has 0 spiro atoms. The molecule has 2 amide bonds. The van der Waals surface area contributed by atoms with Crippen molar-refractivity contribution in [3.8, 4) is 5.75 Å². The van der Waals surface area contributed by atoms with Gasteiger partial charge < -0.3 is 9.72 Å². The van der Waals surface area contributed by atoms with Crippen LogP contribution in [0.1, 0.15) is 28.3 Å². The molecule has 4 aromatic rings. The summed E-state index contributed by atoms with van der Waals surface area (Å²) in [4.78, 5) is 45.9. The Bertz CT molecular complexity index is 1790. The number of benzene rings is 3. The largest absolute Gasteiger partial charge is 0.489 e. The van der Waals surface area contributed by atoms with Gasteiger partial charge in [0.2, 0.25) is 11.8 Å². The van der Waals surface area contributed by atoms with E-state index in [1.54, 1.807) is 11.8 Å². The van der Waals surface area contributed by atoms with Crippen LogP contribution in [0.3, 0.4) is 0 Å². The Morgan fingerprint density at radius 3 is 2.40 bits per heavy atom. The molecule has 3 heterocycles. The Hall–Kier alpha value is -2.85. The number of aromatic nitrogens is 1. The number of para-hydroxylation sites is 1. The number of fused-ring (bicyclic) bond motifs is 9. The van der Waals surface area contributed by atoms with Gasteiger partial charge in [0.15, 0.2) is 0 Å². The minimum absolute atomic E-state index is 0.0362. The van der Waals surface area contributed by atoms with Crippen LogP contribution in [0.2, 0.25) is 5.02 Å². The molecular formula is C32H24BrClN2O4S2. The molecule has 1 aromatic heterocycles. The van der Waals surface area contributed by atoms with E-state index in [-0.39, 0.29) is 57.4 Å². The maximum atomic E-state index is 14.0. The summed E-state index contributed by atoms with van der Waals surface area (Å²) < 4.78 is 7.31. The molecule has 1 N–H and O–H groups in total. The zero-order valence-corrected chi connectivity index (χ0v) is 26.0. The number of halogens is 2. The molecule has 2 aliphatic carbocycles. The predicted molar refractivity (Wildman–Crippen MR) is 167 cm³/mol. The first-order valence-electron chi connectivity index (χ1n) is 13.9. The first-order valence-corrected chi connectivity index (χ1v) is 16.7. The van der Waals surface area contributed by atoms with Gasteiger partial charge in [-0.3, -0.25) is 19.3 Å². The number of amides is 2. The minimum atomic E-state index is -0.352. The zero-order valence-electron chi connectivity index (χ0n) is 22.0. The van der Waals surface area contributed by atoms with Gasteiger partial charge in [-0.1, -0.05) is 69.2 Å². The van der Waals surface area contributed by atoms with Gasteiger partial charge in [-0.15, -0.1) is 11.8 Å². The summed E-state index contributed by atoms with van der Waals surface area (Å²) in [5.74, 6) is -0.0196. The molecule has 1 saturated heterocycles. The van der Waals surface area contributed by atoms with Crippen molar-refractivity contribution in [2.24, 2.45) is 29.6 Å². The Balaban J connectivity index is 1.18. The summed E-state index contributed by atoms with van der Waals surface area (Å²) in [5, 5.41) is 1.67. The normalized spacial score (nSPS) is 29.0. The highest BCUT2D eigenvalue weighted by atomic mass is 79.9. The average Bonchev–Trinajstić information content (AvgIpc) is 3.72. The molecule has 4 aliphatic rings. The van der Waals surface area contributed by atoms with Crippen molar-refractivity contribution < 1.29 is 14.3 Å². The standard InChI is InChI=1S/C32H24BrClN2O4S2/c33-16-7-11-18(12-8-16)36-30(37)25-20-13-21(26(25)31(36)38)27-24(20)23(28-29(41-27)35-32(39)42-28)19-3-1-2-4-22(19)40-14-15-5-9-17(34)10-6-15/h1-12,20-21,23-27H,13-14H2,(H,35,39)/t20?,21?,23-,24?,25?,26?,27?/m1/s1. The fourth-order valence-electron chi connectivity index (χ4n) is 7.82. The molecule has 0 radical (unpaired) electrons. The molecule has 2 aliphatic heterocycles. The van der Waals surface area contributed by atoms with Gasteiger partial charge in [-0.05, 0) is 72.2 Å². The number of nitrogens with zero attached hydrogens (tertiary/aromatic N) is 1. The first-order chi connectivity index (χ1) is 20.4. The number of anilines is 1. The average molecular weight is 680 g/mol. The Labute approximate surface area is 263 Å². The number of nitrogens with one attached hydrogen (secondary N) is 1. The van der Waals surface area contributed by atoms with E-state index in [0.717, 1.165) is 37.7 Å². The fourth-order valence-corrected chi connectivity index (χ4v) is 11.1. The van der Waals surface area contributed by atoms with Crippen molar-refractivity contribution in [1.29, 1.82) is 0 Å². The van der Waals surface area contributed by atoms with E-state index in [9.17, 15) is 14.4 Å². The third kappa shape index (κ3) is 4.08. The van der Waals surface area contributed by atoms with Crippen molar-refractivity contribution in [1.82, 2.24) is 4.98 Å². The number of rotatable bonds is 5. The lowest BCUT2D eigenvalue weighted by atomic mass is 9.68. The molecular weight excluding hydrogens is 656 g/mol. The third-order valence-electron chi connectivity index (χ3n) is 9.37. The number of ether oxygens (including phenoxy) is 1. The maximum absolute atomic E-state index is 14.0. The molecule has 42 heavy (non-hydrogen) atoms. The fraction of sp³-hybridized carbons (Fsp3) is 0.281. The van der Waals surface area contributed by atoms with Crippen LogP contribution < -0.4 is 14.5 Å². The van der Waals surface area contributed by atoms with Gasteiger partial charge in [-0.2, -0.15) is 0 Å². The number of aromatic amines is 1. The van der Waals surface area contributed by atoms with Gasteiger partial charge in [0.25, 0.3) is 0 Å². The van der Waals surface area contributed by atoms with Crippen LogP contribution in [0.25, 0.3) is 0 Å². The Morgan fingerprint density at radius 1 is 0.929 bits per heavy atom. The molecule has 10 heteroatoms. The number of hydrogen-bond donors (Lipinski definition) is 1. The number of thiazole rings is 1. The van der Waals surface area contributed by atoms with Crippen LogP contribution >= 0.6 is 50.6 Å². The van der Waals surface area contributed by atoms with Crippen molar-refractivity contribution in [2.45, 2.75) is 29.2 Å². The molecule has 212 valence electrons. The highest BCUT2D eigenvalue weighted by Gasteiger charge is 2.69. The number of H-pyrrole nitrogens is 1. The molecule has 2 bridgehead atoms. The van der Waals surface area contributed by atoms with Crippen LogP contribution in [0.4, 0.5) is 5.69 Å². The van der Waals surface area contributed by atoms with E-state index >= 15 is 0 Å². The van der Waals surface area contributed by atoms with Crippen LogP contribution in [0, 0.1) is 29.6 Å². The van der Waals surface area contributed by atoms with Crippen molar-refractivity contribution >= 4 is 68.1 Å². The lowest BCUT2D eigenvalue weighted by Gasteiger charge is -2.43. The molecule has 7 atom stereocenters. The summed E-state index contributed by atoms with van der Waals surface area (Å²) in [6.45, 7) is 0.381. The van der Waals surface area contributed by atoms with Crippen molar-refractivity contribution in [3.63, 3.8) is 0 Å². The van der Waals surface area contributed by atoms with Crippen molar-refractivity contribution in [3.05, 3.63) is 108 Å². The first kappa shape index (κ1) is 26.8. The quantitative estimate of drug-likeness (QED) is 0.228. The second kappa shape index (κ2) is 10.1. The van der Waals surface area contributed by atoms with E-state index < -0.39 is 0 Å².